The van der Waals surface area contributed by atoms with E-state index in [2.05, 4.69) is 10.0 Å². The highest BCUT2D eigenvalue weighted by Gasteiger charge is 2.22. The molecule has 0 radical (unpaired) electrons. The van der Waals surface area contributed by atoms with Gasteiger partial charge < -0.3 is 15.5 Å². The molecule has 1 saturated heterocycles. The highest BCUT2D eigenvalue weighted by molar-refractivity contribution is 7.89. The van der Waals surface area contributed by atoms with Gasteiger partial charge in [0, 0.05) is 12.6 Å². The second-order valence-electron chi connectivity index (χ2n) is 5.82. The van der Waals surface area contributed by atoms with Crippen LogP contribution in [-0.4, -0.2) is 49.7 Å². The number of carboxylic acids is 2. The number of hydrogen-bond donors (Lipinski definition) is 4. The van der Waals surface area contributed by atoms with Crippen LogP contribution in [0.3, 0.4) is 0 Å². The molecule has 3 rings (SSSR count). The summed E-state index contributed by atoms with van der Waals surface area (Å²) in [7, 11) is -3.33. The molecule has 1 atom stereocenters. The van der Waals surface area contributed by atoms with Crippen molar-refractivity contribution < 1.29 is 28.2 Å². The van der Waals surface area contributed by atoms with Gasteiger partial charge in [-0.15, -0.1) is 0 Å². The Morgan fingerprint density at radius 1 is 0.963 bits per heavy atom. The summed E-state index contributed by atoms with van der Waals surface area (Å²) in [6.07, 6.45) is 0.853. The summed E-state index contributed by atoms with van der Waals surface area (Å²) in [6, 6.07) is 13.7. The summed E-state index contributed by atoms with van der Waals surface area (Å²) in [4.78, 5) is 21.1. The number of aromatic carboxylic acids is 2. The van der Waals surface area contributed by atoms with E-state index in [0.717, 1.165) is 19.0 Å². The summed E-state index contributed by atoms with van der Waals surface area (Å²) in [5.41, 5.74) is -0.0372. The fourth-order valence-electron chi connectivity index (χ4n) is 2.43. The number of sulfonamides is 1. The molecule has 0 saturated carbocycles. The third kappa shape index (κ3) is 6.17. The Hall–Kier alpha value is -2.75. The van der Waals surface area contributed by atoms with Crippen LogP contribution in [0.4, 0.5) is 0 Å². The van der Waals surface area contributed by atoms with Crippen molar-refractivity contribution in [2.45, 2.75) is 17.4 Å². The molecule has 9 heteroatoms. The highest BCUT2D eigenvalue weighted by Crippen LogP contribution is 2.10. The van der Waals surface area contributed by atoms with Crippen LogP contribution >= 0.6 is 0 Å². The van der Waals surface area contributed by atoms with Crippen molar-refractivity contribution in [3.05, 3.63) is 65.7 Å². The molecule has 0 aliphatic carbocycles. The smallest absolute Gasteiger partial charge is 0.335 e. The molecule has 1 fully saturated rings. The molecule has 0 spiro atoms. The molecule has 1 aliphatic heterocycles. The molecule has 27 heavy (non-hydrogen) atoms. The van der Waals surface area contributed by atoms with Crippen molar-refractivity contribution >= 4 is 22.0 Å². The van der Waals surface area contributed by atoms with Crippen LogP contribution in [-0.2, 0) is 10.0 Å². The van der Waals surface area contributed by atoms with E-state index in [-0.39, 0.29) is 17.2 Å². The highest BCUT2D eigenvalue weighted by atomic mass is 32.2. The minimum atomic E-state index is -3.33. The first-order valence-corrected chi connectivity index (χ1v) is 9.62. The summed E-state index contributed by atoms with van der Waals surface area (Å²) >= 11 is 0. The molecule has 2 aromatic carbocycles. The van der Waals surface area contributed by atoms with Gasteiger partial charge in [0.2, 0.25) is 10.0 Å². The van der Waals surface area contributed by atoms with Gasteiger partial charge in [0.05, 0.1) is 16.0 Å². The fraction of sp³-hybridized carbons (Fsp3) is 0.222. The number of rotatable bonds is 5. The summed E-state index contributed by atoms with van der Waals surface area (Å²) < 4.78 is 26.4. The van der Waals surface area contributed by atoms with Gasteiger partial charge >= 0.3 is 11.9 Å². The third-order valence-electron chi connectivity index (χ3n) is 3.79. The Balaban J connectivity index is 0.000000199. The zero-order valence-corrected chi connectivity index (χ0v) is 15.1. The summed E-state index contributed by atoms with van der Waals surface area (Å²) in [6.45, 7) is 1.59. The minimum Gasteiger partial charge on any atom is -0.478 e. The lowest BCUT2D eigenvalue weighted by molar-refractivity contribution is 0.0696. The van der Waals surface area contributed by atoms with Crippen molar-refractivity contribution in [3.8, 4) is 0 Å². The van der Waals surface area contributed by atoms with Crippen LogP contribution in [0.25, 0.3) is 0 Å². The van der Waals surface area contributed by atoms with Gasteiger partial charge in [-0.1, -0.05) is 24.3 Å². The Bertz CT molecular complexity index is 864. The van der Waals surface area contributed by atoms with E-state index in [1.54, 1.807) is 30.3 Å². The van der Waals surface area contributed by atoms with Gasteiger partial charge in [0.15, 0.2) is 0 Å². The first-order chi connectivity index (χ1) is 12.8. The molecule has 4 N–H and O–H groups in total. The van der Waals surface area contributed by atoms with Crippen LogP contribution in [0.15, 0.2) is 59.5 Å². The second-order valence-corrected chi connectivity index (χ2v) is 7.53. The first-order valence-electron chi connectivity index (χ1n) is 8.14. The molecule has 0 bridgehead atoms. The predicted molar refractivity (Wildman–Crippen MR) is 98.4 cm³/mol. The lowest BCUT2D eigenvalue weighted by Crippen LogP contribution is -2.36. The largest absolute Gasteiger partial charge is 0.478 e. The lowest BCUT2D eigenvalue weighted by atomic mass is 10.1. The molecule has 1 heterocycles. The zero-order valence-electron chi connectivity index (χ0n) is 14.3. The van der Waals surface area contributed by atoms with Crippen LogP contribution in [0.5, 0.6) is 0 Å². The normalized spacial score (nSPS) is 16.2. The van der Waals surface area contributed by atoms with Crippen molar-refractivity contribution in [1.29, 1.82) is 0 Å². The Morgan fingerprint density at radius 3 is 2.04 bits per heavy atom. The number of hydrogen-bond acceptors (Lipinski definition) is 5. The minimum absolute atomic E-state index is 0.0186. The van der Waals surface area contributed by atoms with Gasteiger partial charge in [-0.25, -0.2) is 22.7 Å². The van der Waals surface area contributed by atoms with Crippen molar-refractivity contribution in [3.63, 3.8) is 0 Å². The Kier molecular flexibility index (Phi) is 7.05. The number of benzene rings is 2. The van der Waals surface area contributed by atoms with Crippen molar-refractivity contribution in [2.75, 3.05) is 13.1 Å². The van der Waals surface area contributed by atoms with Gasteiger partial charge in [-0.05, 0) is 43.3 Å². The third-order valence-corrected chi connectivity index (χ3v) is 5.33. The van der Waals surface area contributed by atoms with Gasteiger partial charge in [-0.3, -0.25) is 0 Å². The molecule has 2 aromatic rings. The fourth-order valence-corrected chi connectivity index (χ4v) is 3.72. The van der Waals surface area contributed by atoms with E-state index in [9.17, 15) is 18.0 Å². The van der Waals surface area contributed by atoms with Gasteiger partial charge in [0.1, 0.15) is 0 Å². The second kappa shape index (κ2) is 9.26. The number of carboxylic acid groups (broad SMARTS) is 2. The maximum atomic E-state index is 11.8. The maximum absolute atomic E-state index is 11.8. The zero-order chi connectivity index (χ0) is 19.9. The summed E-state index contributed by atoms with van der Waals surface area (Å²) in [5, 5.41) is 20.1. The van der Waals surface area contributed by atoms with Crippen molar-refractivity contribution in [2.24, 2.45) is 0 Å². The van der Waals surface area contributed by atoms with E-state index in [4.69, 9.17) is 10.2 Å². The molecule has 1 unspecified atom stereocenters. The quantitative estimate of drug-likeness (QED) is 0.605. The van der Waals surface area contributed by atoms with E-state index in [1.165, 1.54) is 18.2 Å². The standard InChI is InChI=1S/C10H14N2O2S.C8H6O4/c13-15(14,10-4-2-1-3-5-10)12-9-6-7-11-8-9;9-7(10)5-2-1-3-6(4-5)8(11)12/h1-5,9,11-12H,6-8H2;1-4H,(H,9,10)(H,11,12). The molecule has 1 aliphatic rings. The molecule has 8 nitrogen and oxygen atoms in total. The molecule has 0 aromatic heterocycles. The average molecular weight is 392 g/mol. The predicted octanol–water partition coefficient (Wildman–Crippen LogP) is 1.41. The van der Waals surface area contributed by atoms with E-state index in [0.29, 0.717) is 11.4 Å². The summed E-state index contributed by atoms with van der Waals surface area (Å²) in [5.74, 6) is -2.25. The van der Waals surface area contributed by atoms with Crippen LogP contribution in [0, 0.1) is 0 Å². The first kappa shape index (κ1) is 20.6. The lowest BCUT2D eigenvalue weighted by Gasteiger charge is -2.11. The SMILES string of the molecule is O=C(O)c1cccc(C(=O)O)c1.O=S(=O)(NC1CCNC1)c1ccccc1. The Labute approximate surface area is 156 Å². The number of nitrogens with one attached hydrogen (secondary N) is 2. The molecular weight excluding hydrogens is 372 g/mol. The van der Waals surface area contributed by atoms with Gasteiger partial charge in [-0.2, -0.15) is 0 Å². The number of carbonyl (C=O) groups is 2. The topological polar surface area (TPSA) is 133 Å². The van der Waals surface area contributed by atoms with Gasteiger partial charge in [0.25, 0.3) is 0 Å². The van der Waals surface area contributed by atoms with Crippen LogP contribution in [0.1, 0.15) is 27.1 Å². The maximum Gasteiger partial charge on any atom is 0.335 e. The average Bonchev–Trinajstić information content (AvgIpc) is 3.15. The van der Waals surface area contributed by atoms with Crippen LogP contribution in [0.2, 0.25) is 0 Å². The Morgan fingerprint density at radius 2 is 1.56 bits per heavy atom. The molecule has 144 valence electrons. The van der Waals surface area contributed by atoms with E-state index >= 15 is 0 Å². The monoisotopic (exact) mass is 392 g/mol. The van der Waals surface area contributed by atoms with Crippen LogP contribution < -0.4 is 10.0 Å². The molecular formula is C18H20N2O6S. The van der Waals surface area contributed by atoms with E-state index in [1.807, 2.05) is 0 Å². The van der Waals surface area contributed by atoms with Crippen molar-refractivity contribution in [1.82, 2.24) is 10.0 Å². The molecule has 0 amide bonds. The van der Waals surface area contributed by atoms with E-state index < -0.39 is 22.0 Å².